The van der Waals surface area contributed by atoms with E-state index in [0.717, 1.165) is 43.5 Å². The van der Waals surface area contributed by atoms with Crippen LogP contribution in [0, 0.1) is 0 Å². The summed E-state index contributed by atoms with van der Waals surface area (Å²) in [6, 6.07) is 0.147. The minimum atomic E-state index is -0.111. The highest BCUT2D eigenvalue weighted by Crippen LogP contribution is 2.28. The van der Waals surface area contributed by atoms with Crippen molar-refractivity contribution >= 4 is 40.0 Å². The number of nitrogens with zero attached hydrogens (tertiary/aromatic N) is 2. The van der Waals surface area contributed by atoms with Gasteiger partial charge < -0.3 is 21.3 Å². The van der Waals surface area contributed by atoms with Gasteiger partial charge in [0.25, 0.3) is 5.91 Å². The Morgan fingerprint density at radius 2 is 2.29 bits per heavy atom. The van der Waals surface area contributed by atoms with Crippen molar-refractivity contribution in [3.63, 3.8) is 0 Å². The molecule has 118 valence electrons. The molecule has 1 saturated heterocycles. The molecule has 0 aliphatic carbocycles. The summed E-state index contributed by atoms with van der Waals surface area (Å²) >= 11 is 3.17. The molecule has 2 heterocycles. The zero-order chi connectivity index (χ0) is 15.2. The van der Waals surface area contributed by atoms with E-state index in [4.69, 9.17) is 5.73 Å². The molecule has 0 bridgehead atoms. The van der Waals surface area contributed by atoms with Gasteiger partial charge in [0.05, 0.1) is 0 Å². The maximum Gasteiger partial charge on any atom is 0.265 e. The molecule has 1 fully saturated rings. The van der Waals surface area contributed by atoms with Gasteiger partial charge in [0.15, 0.2) is 5.13 Å². The van der Waals surface area contributed by atoms with E-state index in [1.165, 1.54) is 11.3 Å². The number of nitrogens with two attached hydrogens (primary N) is 1. The first-order valence-electron chi connectivity index (χ1n) is 7.13. The second-order valence-electron chi connectivity index (χ2n) is 5.10. The molecule has 1 aromatic heterocycles. The average Bonchev–Trinajstić information content (AvgIpc) is 2.88. The van der Waals surface area contributed by atoms with Crippen molar-refractivity contribution in [2.45, 2.75) is 19.4 Å². The van der Waals surface area contributed by atoms with Crippen LogP contribution >= 0.6 is 23.1 Å². The average molecular weight is 329 g/mol. The first-order valence-corrected chi connectivity index (χ1v) is 9.34. The zero-order valence-corrected chi connectivity index (χ0v) is 14.1. The molecule has 21 heavy (non-hydrogen) atoms. The lowest BCUT2D eigenvalue weighted by Crippen LogP contribution is -2.43. The van der Waals surface area contributed by atoms with Gasteiger partial charge in [0.1, 0.15) is 10.7 Å². The number of anilines is 2. The molecule has 8 heteroatoms. The number of hydrogen-bond donors (Lipinski definition) is 3. The summed E-state index contributed by atoms with van der Waals surface area (Å²) in [7, 11) is 0. The Kier molecular flexibility index (Phi) is 6.13. The van der Waals surface area contributed by atoms with Crippen molar-refractivity contribution in [2.75, 3.05) is 48.8 Å². The summed E-state index contributed by atoms with van der Waals surface area (Å²) in [4.78, 5) is 19.3. The van der Waals surface area contributed by atoms with Crippen LogP contribution in [0.3, 0.4) is 0 Å². The largest absolute Gasteiger partial charge is 0.382 e. The number of thiazole rings is 1. The van der Waals surface area contributed by atoms with E-state index < -0.39 is 0 Å². The van der Waals surface area contributed by atoms with Gasteiger partial charge in [-0.05, 0) is 25.4 Å². The molecule has 0 spiro atoms. The van der Waals surface area contributed by atoms with Crippen LogP contribution in [0.2, 0.25) is 0 Å². The number of amides is 1. The Morgan fingerprint density at radius 3 is 2.95 bits per heavy atom. The second kappa shape index (κ2) is 7.86. The number of hydrogen-bond acceptors (Lipinski definition) is 7. The Labute approximate surface area is 133 Å². The van der Waals surface area contributed by atoms with Crippen LogP contribution in [0.25, 0.3) is 0 Å². The number of aromatic nitrogens is 1. The molecular formula is C13H23N5OS2. The SMILES string of the molecule is CSCCC(C)NC(=O)c1sc(N2CCNCC2)nc1N. The van der Waals surface area contributed by atoms with Crippen LogP contribution in [-0.4, -0.2) is 55.1 Å². The van der Waals surface area contributed by atoms with Crippen LogP contribution in [0.15, 0.2) is 0 Å². The number of piperazine rings is 1. The molecule has 2 rings (SSSR count). The third-order valence-electron chi connectivity index (χ3n) is 3.37. The Bertz CT molecular complexity index is 473. The highest BCUT2D eigenvalue weighted by atomic mass is 32.2. The molecule has 1 atom stereocenters. The van der Waals surface area contributed by atoms with E-state index in [1.54, 1.807) is 11.8 Å². The second-order valence-corrected chi connectivity index (χ2v) is 7.07. The van der Waals surface area contributed by atoms with E-state index in [0.29, 0.717) is 10.7 Å². The molecular weight excluding hydrogens is 306 g/mol. The van der Waals surface area contributed by atoms with Gasteiger partial charge in [-0.15, -0.1) is 0 Å². The summed E-state index contributed by atoms with van der Waals surface area (Å²) in [5.74, 6) is 1.26. The van der Waals surface area contributed by atoms with Crippen molar-refractivity contribution < 1.29 is 4.79 Å². The monoisotopic (exact) mass is 329 g/mol. The van der Waals surface area contributed by atoms with Gasteiger partial charge in [0, 0.05) is 32.2 Å². The van der Waals surface area contributed by atoms with Crippen LogP contribution in [-0.2, 0) is 0 Å². The Morgan fingerprint density at radius 1 is 1.57 bits per heavy atom. The summed E-state index contributed by atoms with van der Waals surface area (Å²) in [5.41, 5.74) is 5.92. The molecule has 0 radical (unpaired) electrons. The van der Waals surface area contributed by atoms with E-state index in [-0.39, 0.29) is 11.9 Å². The zero-order valence-electron chi connectivity index (χ0n) is 12.5. The third kappa shape index (κ3) is 4.49. The lowest BCUT2D eigenvalue weighted by Gasteiger charge is -2.26. The van der Waals surface area contributed by atoms with Crippen LogP contribution < -0.4 is 21.3 Å². The van der Waals surface area contributed by atoms with E-state index in [1.807, 2.05) is 6.92 Å². The molecule has 4 N–H and O–H groups in total. The molecule has 0 aromatic carbocycles. The topological polar surface area (TPSA) is 83.3 Å². The van der Waals surface area contributed by atoms with Gasteiger partial charge >= 0.3 is 0 Å². The number of nitrogen functional groups attached to an aromatic ring is 1. The van der Waals surface area contributed by atoms with Crippen molar-refractivity contribution in [3.05, 3.63) is 4.88 Å². The summed E-state index contributed by atoms with van der Waals surface area (Å²) in [6.45, 7) is 5.69. The molecule has 6 nitrogen and oxygen atoms in total. The number of carbonyl (C=O) groups excluding carboxylic acids is 1. The van der Waals surface area contributed by atoms with Crippen molar-refractivity contribution in [3.8, 4) is 0 Å². The third-order valence-corrected chi connectivity index (χ3v) is 5.14. The molecule has 1 aliphatic rings. The first-order chi connectivity index (χ1) is 10.1. The van der Waals surface area contributed by atoms with Crippen LogP contribution in [0.4, 0.5) is 10.9 Å². The van der Waals surface area contributed by atoms with Crippen molar-refractivity contribution in [1.29, 1.82) is 0 Å². The molecule has 1 unspecified atom stereocenters. The molecule has 1 aromatic rings. The molecule has 1 aliphatic heterocycles. The van der Waals surface area contributed by atoms with Crippen molar-refractivity contribution in [1.82, 2.24) is 15.6 Å². The smallest absolute Gasteiger partial charge is 0.265 e. The fourth-order valence-corrected chi connectivity index (χ4v) is 3.66. The van der Waals surface area contributed by atoms with E-state index >= 15 is 0 Å². The van der Waals surface area contributed by atoms with Gasteiger partial charge in [0.2, 0.25) is 0 Å². The highest BCUT2D eigenvalue weighted by molar-refractivity contribution is 7.98. The number of carbonyl (C=O) groups is 1. The first kappa shape index (κ1) is 16.4. The van der Waals surface area contributed by atoms with Gasteiger partial charge in [-0.3, -0.25) is 4.79 Å². The fraction of sp³-hybridized carbons (Fsp3) is 0.692. The maximum atomic E-state index is 12.3. The molecule has 0 saturated carbocycles. The minimum Gasteiger partial charge on any atom is -0.382 e. The maximum absolute atomic E-state index is 12.3. The minimum absolute atomic E-state index is 0.111. The standard InChI is InChI=1S/C13H23N5OS2/c1-9(3-8-20-2)16-12(19)10-11(14)17-13(21-10)18-6-4-15-5-7-18/h9,15H,3-8,14H2,1-2H3,(H,16,19). The van der Waals surface area contributed by atoms with Gasteiger partial charge in [-0.25, -0.2) is 4.98 Å². The van der Waals surface area contributed by atoms with E-state index in [2.05, 4.69) is 26.8 Å². The quantitative estimate of drug-likeness (QED) is 0.722. The van der Waals surface area contributed by atoms with Crippen LogP contribution in [0.1, 0.15) is 23.0 Å². The predicted octanol–water partition coefficient (Wildman–Crippen LogP) is 1.01. The fourth-order valence-electron chi connectivity index (χ4n) is 2.13. The number of thioether (sulfide) groups is 1. The van der Waals surface area contributed by atoms with E-state index in [9.17, 15) is 4.79 Å². The Hall–Kier alpha value is -0.990. The highest BCUT2D eigenvalue weighted by Gasteiger charge is 2.21. The van der Waals surface area contributed by atoms with Gasteiger partial charge in [-0.2, -0.15) is 11.8 Å². The lowest BCUT2D eigenvalue weighted by molar-refractivity contribution is 0.0944. The van der Waals surface area contributed by atoms with Crippen molar-refractivity contribution in [2.24, 2.45) is 0 Å². The predicted molar refractivity (Wildman–Crippen MR) is 91.5 cm³/mol. The lowest BCUT2D eigenvalue weighted by atomic mass is 10.2. The summed E-state index contributed by atoms with van der Waals surface area (Å²) < 4.78 is 0. The summed E-state index contributed by atoms with van der Waals surface area (Å²) in [6.07, 6.45) is 3.02. The normalized spacial score (nSPS) is 16.8. The molecule has 1 amide bonds. The van der Waals surface area contributed by atoms with Crippen LogP contribution in [0.5, 0.6) is 0 Å². The summed E-state index contributed by atoms with van der Waals surface area (Å²) in [5, 5.41) is 7.14. The number of nitrogens with one attached hydrogen (secondary N) is 2. The Balaban J connectivity index is 1.99. The number of rotatable bonds is 6. The van der Waals surface area contributed by atoms with Gasteiger partial charge in [-0.1, -0.05) is 11.3 Å².